The second kappa shape index (κ2) is 12.6. The normalized spacial score (nSPS) is 13.5. The van der Waals surface area contributed by atoms with Gasteiger partial charge in [0, 0.05) is 41.9 Å². The zero-order chi connectivity index (χ0) is 24.4. The molecule has 2 aromatic rings. The minimum absolute atomic E-state index is 0.0379. The van der Waals surface area contributed by atoms with Crippen molar-refractivity contribution in [3.63, 3.8) is 0 Å². The minimum Gasteiger partial charge on any atom is -0.595 e. The van der Waals surface area contributed by atoms with Crippen molar-refractivity contribution >= 4 is 29.2 Å². The largest absolute Gasteiger partial charge is 0.595 e. The maximum atomic E-state index is 12.4. The first-order chi connectivity index (χ1) is 15.7. The van der Waals surface area contributed by atoms with Crippen LogP contribution >= 0.6 is 0 Å². The number of carbonyl (C=O) groups is 3. The number of quaternary nitrogens is 2. The predicted octanol–water partition coefficient (Wildman–Crippen LogP) is -0.635. The summed E-state index contributed by atoms with van der Waals surface area (Å²) in [4.78, 5) is 36.5. The molecule has 0 aromatic heterocycles. The van der Waals surface area contributed by atoms with E-state index in [1.807, 2.05) is 0 Å². The average Bonchev–Trinajstić information content (AvgIpc) is 2.82. The summed E-state index contributed by atoms with van der Waals surface area (Å²) in [5.74, 6) is -1.51. The number of nitrogens with one attached hydrogen (secondary N) is 4. The van der Waals surface area contributed by atoms with E-state index in [-0.39, 0.29) is 29.3 Å². The number of hydrogen-bond donors (Lipinski definition) is 6. The molecule has 2 aromatic carbocycles. The second-order valence-electron chi connectivity index (χ2n) is 7.07. The maximum Gasteiger partial charge on any atom is 0.328 e. The second-order valence-corrected chi connectivity index (χ2v) is 7.07. The lowest BCUT2D eigenvalue weighted by atomic mass is 10.1. The molecule has 12 heteroatoms. The first-order valence-electron chi connectivity index (χ1n) is 10.1. The number of amides is 2. The number of unbranched alkanes of at least 4 members (excludes halogenated alkanes) is 1. The molecule has 0 radical (unpaired) electrons. The van der Waals surface area contributed by atoms with Crippen molar-refractivity contribution in [1.29, 1.82) is 0 Å². The average molecular weight is 462 g/mol. The minimum atomic E-state index is -1.11. The SMILES string of the molecule is COC(=O)[C@H](CCCCNC(=O)c1ccc([NH+]([O-])O)cc1)NC(=O)c1ccc([NH+]([O-])O)cc1. The van der Waals surface area contributed by atoms with Gasteiger partial charge in [0.2, 0.25) is 0 Å². The highest BCUT2D eigenvalue weighted by molar-refractivity contribution is 5.97. The molecule has 0 saturated heterocycles. The van der Waals surface area contributed by atoms with E-state index in [0.29, 0.717) is 24.9 Å². The van der Waals surface area contributed by atoms with Gasteiger partial charge in [0.1, 0.15) is 6.04 Å². The third-order valence-electron chi connectivity index (χ3n) is 4.78. The van der Waals surface area contributed by atoms with Crippen molar-refractivity contribution in [2.45, 2.75) is 25.3 Å². The van der Waals surface area contributed by atoms with Crippen LogP contribution in [0.25, 0.3) is 0 Å². The molecule has 0 heterocycles. The van der Waals surface area contributed by atoms with Gasteiger partial charge in [0.25, 0.3) is 11.8 Å². The summed E-state index contributed by atoms with van der Waals surface area (Å²) >= 11 is 0. The van der Waals surface area contributed by atoms with Crippen LogP contribution in [-0.4, -0.2) is 47.9 Å². The van der Waals surface area contributed by atoms with Gasteiger partial charge in [-0.2, -0.15) is 10.5 Å². The lowest BCUT2D eigenvalue weighted by molar-refractivity contribution is -0.991. The molecule has 0 aliphatic rings. The number of esters is 1. The quantitative estimate of drug-likeness (QED) is 0.145. The lowest BCUT2D eigenvalue weighted by Gasteiger charge is -2.17. The summed E-state index contributed by atoms with van der Waals surface area (Å²) in [6.45, 7) is 0.317. The number of rotatable bonds is 11. The zero-order valence-electron chi connectivity index (χ0n) is 17.9. The Hall–Kier alpha value is -3.39. The topological polar surface area (TPSA) is 180 Å². The lowest BCUT2D eigenvalue weighted by Crippen LogP contribution is -2.99. The number of ether oxygens (including phenoxy) is 1. The van der Waals surface area contributed by atoms with E-state index in [1.165, 1.54) is 55.6 Å². The van der Waals surface area contributed by atoms with Crippen molar-refractivity contribution in [3.05, 3.63) is 70.1 Å². The third kappa shape index (κ3) is 7.91. The summed E-state index contributed by atoms with van der Waals surface area (Å²) in [5, 5.41) is 42.7. The molecule has 0 fully saturated rings. The van der Waals surface area contributed by atoms with Crippen LogP contribution in [0, 0.1) is 10.4 Å². The number of benzene rings is 2. The monoisotopic (exact) mass is 462 g/mol. The highest BCUT2D eigenvalue weighted by Gasteiger charge is 2.22. The molecule has 6 N–H and O–H groups in total. The molecule has 2 amide bonds. The van der Waals surface area contributed by atoms with Crippen LogP contribution in [0.1, 0.15) is 40.0 Å². The molecule has 0 aliphatic heterocycles. The highest BCUT2D eigenvalue weighted by Crippen LogP contribution is 2.09. The Bertz CT molecular complexity index is 932. The molecule has 0 saturated carbocycles. The van der Waals surface area contributed by atoms with E-state index in [4.69, 9.17) is 15.2 Å². The molecule has 33 heavy (non-hydrogen) atoms. The van der Waals surface area contributed by atoms with Crippen LogP contribution in [0.3, 0.4) is 0 Å². The van der Waals surface area contributed by atoms with Gasteiger partial charge in [0.15, 0.2) is 11.4 Å². The van der Waals surface area contributed by atoms with E-state index < -0.39 is 28.4 Å². The van der Waals surface area contributed by atoms with Crippen LogP contribution in [0.5, 0.6) is 0 Å². The maximum absolute atomic E-state index is 12.4. The van der Waals surface area contributed by atoms with Gasteiger partial charge in [-0.05, 0) is 43.5 Å². The van der Waals surface area contributed by atoms with E-state index in [1.54, 1.807) is 0 Å². The van der Waals surface area contributed by atoms with Gasteiger partial charge in [0.05, 0.1) is 7.11 Å². The van der Waals surface area contributed by atoms with Gasteiger partial charge in [-0.1, -0.05) is 0 Å². The van der Waals surface area contributed by atoms with E-state index in [0.717, 1.165) is 0 Å². The van der Waals surface area contributed by atoms with Crippen molar-refractivity contribution in [3.8, 4) is 0 Å². The Morgan fingerprint density at radius 3 is 1.82 bits per heavy atom. The summed E-state index contributed by atoms with van der Waals surface area (Å²) in [5.41, 5.74) is 0.653. The van der Waals surface area contributed by atoms with Gasteiger partial charge in [-0.15, -0.1) is 0 Å². The summed E-state index contributed by atoms with van der Waals surface area (Å²) < 4.78 is 4.74. The third-order valence-corrected chi connectivity index (χ3v) is 4.78. The Morgan fingerprint density at radius 2 is 1.36 bits per heavy atom. The molecular weight excluding hydrogens is 436 g/mol. The summed E-state index contributed by atoms with van der Waals surface area (Å²) in [6, 6.07) is 9.92. The number of hydrogen-bond acceptors (Lipinski definition) is 8. The molecule has 0 aliphatic carbocycles. The van der Waals surface area contributed by atoms with Crippen LogP contribution in [0.15, 0.2) is 48.5 Å². The molecule has 2 unspecified atom stereocenters. The Labute approximate surface area is 189 Å². The van der Waals surface area contributed by atoms with E-state index in [9.17, 15) is 24.8 Å². The Kier molecular flexibility index (Phi) is 9.87. The van der Waals surface area contributed by atoms with Crippen molar-refractivity contribution in [2.24, 2.45) is 0 Å². The summed E-state index contributed by atoms with van der Waals surface area (Å²) in [7, 11) is 1.21. The molecule has 0 bridgehead atoms. The van der Waals surface area contributed by atoms with Gasteiger partial charge in [-0.3, -0.25) is 9.59 Å². The smallest absolute Gasteiger partial charge is 0.328 e. The Balaban J connectivity index is 1.81. The number of carbonyl (C=O) groups excluding carboxylic acids is 3. The van der Waals surface area contributed by atoms with Crippen LogP contribution in [0.2, 0.25) is 0 Å². The van der Waals surface area contributed by atoms with Gasteiger partial charge in [-0.25, -0.2) is 15.2 Å². The first kappa shape index (κ1) is 25.9. The predicted molar refractivity (Wildman–Crippen MR) is 114 cm³/mol. The van der Waals surface area contributed by atoms with E-state index in [2.05, 4.69) is 10.6 Å². The molecule has 2 rings (SSSR count). The fraction of sp³-hybridized carbons (Fsp3) is 0.286. The van der Waals surface area contributed by atoms with Crippen molar-refractivity contribution in [2.75, 3.05) is 13.7 Å². The molecule has 0 spiro atoms. The van der Waals surface area contributed by atoms with Gasteiger partial charge >= 0.3 is 5.97 Å². The molecule has 12 nitrogen and oxygen atoms in total. The molecule has 178 valence electrons. The van der Waals surface area contributed by atoms with Crippen LogP contribution < -0.4 is 21.1 Å². The van der Waals surface area contributed by atoms with Gasteiger partial charge < -0.3 is 25.8 Å². The fourth-order valence-corrected chi connectivity index (χ4v) is 2.94. The zero-order valence-corrected chi connectivity index (χ0v) is 17.9. The standard InChI is InChI=1S/C21H26N4O8/c1-33-21(28)18(23-20(27)15-7-11-17(12-8-15)25(31)32)4-2-3-13-22-19(26)14-5-9-16(10-6-14)24(29)30/h5-12,18,24-25,29,31H,2-4,13H2,1H3,(H,22,26)(H,23,27)/t18-/m0/s1. The highest BCUT2D eigenvalue weighted by atomic mass is 16.8. The van der Waals surface area contributed by atoms with Crippen molar-refractivity contribution in [1.82, 2.24) is 10.6 Å². The molecular formula is C21H26N4O8. The molecule has 3 atom stereocenters. The Morgan fingerprint density at radius 1 is 0.879 bits per heavy atom. The van der Waals surface area contributed by atoms with Crippen LogP contribution in [-0.2, 0) is 9.53 Å². The van der Waals surface area contributed by atoms with Crippen LogP contribution in [0.4, 0.5) is 11.4 Å². The fourth-order valence-electron chi connectivity index (χ4n) is 2.94. The first-order valence-corrected chi connectivity index (χ1v) is 10.1. The van der Waals surface area contributed by atoms with Crippen molar-refractivity contribution < 1.29 is 40.0 Å². The number of methoxy groups -OCH3 is 1. The van der Waals surface area contributed by atoms with E-state index >= 15 is 0 Å². The summed E-state index contributed by atoms with van der Waals surface area (Å²) in [6.07, 6.45) is 1.29.